The highest BCUT2D eigenvalue weighted by Gasteiger charge is 2.13. The summed E-state index contributed by atoms with van der Waals surface area (Å²) < 4.78 is 16.3. The molecule has 0 fully saturated rings. The van der Waals surface area contributed by atoms with E-state index >= 15 is 0 Å². The minimum Gasteiger partial charge on any atom is -0.396 e. The van der Waals surface area contributed by atoms with Gasteiger partial charge in [0.25, 0.3) is 0 Å². The molecule has 96 valence electrons. The van der Waals surface area contributed by atoms with Crippen molar-refractivity contribution < 1.29 is 4.39 Å². The second-order valence-electron chi connectivity index (χ2n) is 4.17. The van der Waals surface area contributed by atoms with Crippen LogP contribution in [0.4, 0.5) is 10.1 Å². The van der Waals surface area contributed by atoms with Gasteiger partial charge in [-0.2, -0.15) is 5.10 Å². The monoisotopic (exact) mass is 311 g/mol. The highest BCUT2D eigenvalue weighted by molar-refractivity contribution is 9.10. The second kappa shape index (κ2) is 5.52. The van der Waals surface area contributed by atoms with Crippen LogP contribution in [0.2, 0.25) is 0 Å². The lowest BCUT2D eigenvalue weighted by Crippen LogP contribution is -1.98. The van der Waals surface area contributed by atoms with Gasteiger partial charge in [-0.3, -0.25) is 4.68 Å². The van der Waals surface area contributed by atoms with E-state index in [-0.39, 0.29) is 5.82 Å². The maximum atomic E-state index is 13.8. The number of unbranched alkanes of at least 4 members (excludes halogenated alkanes) is 1. The van der Waals surface area contributed by atoms with Crippen LogP contribution in [0, 0.1) is 5.82 Å². The first-order chi connectivity index (χ1) is 8.61. The quantitative estimate of drug-likeness (QED) is 0.932. The van der Waals surface area contributed by atoms with E-state index in [1.807, 2.05) is 0 Å². The summed E-state index contributed by atoms with van der Waals surface area (Å²) in [5, 5.41) is 4.34. The van der Waals surface area contributed by atoms with Gasteiger partial charge < -0.3 is 5.73 Å². The summed E-state index contributed by atoms with van der Waals surface area (Å²) >= 11 is 3.23. The molecule has 0 spiro atoms. The Morgan fingerprint density at radius 3 is 2.89 bits per heavy atom. The molecule has 0 aliphatic heterocycles. The zero-order valence-corrected chi connectivity index (χ0v) is 11.7. The van der Waals surface area contributed by atoms with Crippen molar-refractivity contribution in [1.29, 1.82) is 0 Å². The lowest BCUT2D eigenvalue weighted by Gasteiger charge is -2.01. The molecule has 2 N–H and O–H groups in total. The van der Waals surface area contributed by atoms with Gasteiger partial charge in [-0.1, -0.05) is 29.3 Å². The molecule has 2 rings (SSSR count). The predicted molar refractivity (Wildman–Crippen MR) is 74.6 cm³/mol. The van der Waals surface area contributed by atoms with Gasteiger partial charge in [-0.25, -0.2) is 4.39 Å². The van der Waals surface area contributed by atoms with Crippen LogP contribution in [0.15, 0.2) is 28.9 Å². The van der Waals surface area contributed by atoms with Crippen LogP contribution >= 0.6 is 15.9 Å². The third-order valence-corrected chi connectivity index (χ3v) is 3.21. The Balaban J connectivity index is 2.35. The minimum atomic E-state index is -0.322. The van der Waals surface area contributed by atoms with Gasteiger partial charge in [0.1, 0.15) is 11.5 Å². The molecule has 0 radical (unpaired) electrons. The zero-order valence-electron chi connectivity index (χ0n) is 10.2. The van der Waals surface area contributed by atoms with E-state index < -0.39 is 0 Å². The summed E-state index contributed by atoms with van der Waals surface area (Å²) in [5.41, 5.74) is 7.34. The number of rotatable bonds is 4. The van der Waals surface area contributed by atoms with E-state index in [1.165, 1.54) is 6.07 Å². The van der Waals surface area contributed by atoms with Gasteiger partial charge in [-0.05, 0) is 24.6 Å². The van der Waals surface area contributed by atoms with E-state index in [0.717, 1.165) is 19.4 Å². The number of nitrogen functional groups attached to an aromatic ring is 1. The van der Waals surface area contributed by atoms with Crippen molar-refractivity contribution in [3.05, 3.63) is 34.7 Å². The van der Waals surface area contributed by atoms with Crippen LogP contribution in [-0.4, -0.2) is 9.78 Å². The summed E-state index contributed by atoms with van der Waals surface area (Å²) in [4.78, 5) is 0. The van der Waals surface area contributed by atoms with Crippen molar-refractivity contribution in [3.8, 4) is 11.3 Å². The molecule has 1 heterocycles. The first-order valence-corrected chi connectivity index (χ1v) is 6.69. The van der Waals surface area contributed by atoms with E-state index in [9.17, 15) is 4.39 Å². The molecule has 0 amide bonds. The van der Waals surface area contributed by atoms with Crippen molar-refractivity contribution in [2.24, 2.45) is 0 Å². The minimum absolute atomic E-state index is 0.322. The third-order valence-electron chi connectivity index (χ3n) is 2.72. The molecule has 0 aliphatic carbocycles. The molecule has 2 aromatic rings. The fourth-order valence-corrected chi connectivity index (χ4v) is 2.10. The number of halogens is 2. The lowest BCUT2D eigenvalue weighted by atomic mass is 10.1. The van der Waals surface area contributed by atoms with Crippen LogP contribution in [0.1, 0.15) is 19.8 Å². The largest absolute Gasteiger partial charge is 0.396 e. The second-order valence-corrected chi connectivity index (χ2v) is 5.09. The van der Waals surface area contributed by atoms with Crippen LogP contribution in [0.5, 0.6) is 0 Å². The Morgan fingerprint density at radius 1 is 1.44 bits per heavy atom. The number of anilines is 1. The van der Waals surface area contributed by atoms with Crippen molar-refractivity contribution in [1.82, 2.24) is 9.78 Å². The van der Waals surface area contributed by atoms with Crippen LogP contribution in [0.3, 0.4) is 0 Å². The molecule has 5 heteroatoms. The van der Waals surface area contributed by atoms with Gasteiger partial charge in [0.2, 0.25) is 0 Å². The normalized spacial score (nSPS) is 10.8. The van der Waals surface area contributed by atoms with Gasteiger partial charge in [0.05, 0.1) is 5.69 Å². The summed E-state index contributed by atoms with van der Waals surface area (Å²) in [6.07, 6.45) is 3.87. The van der Waals surface area contributed by atoms with E-state index in [1.54, 1.807) is 23.0 Å². The number of hydrogen-bond donors (Lipinski definition) is 1. The molecule has 1 aromatic carbocycles. The Kier molecular flexibility index (Phi) is 4.01. The molecule has 1 aromatic heterocycles. The fraction of sp³-hybridized carbons (Fsp3) is 0.308. The maximum absolute atomic E-state index is 13.8. The fourth-order valence-electron chi connectivity index (χ4n) is 1.76. The molecule has 3 nitrogen and oxygen atoms in total. The van der Waals surface area contributed by atoms with E-state index in [0.29, 0.717) is 21.4 Å². The van der Waals surface area contributed by atoms with Gasteiger partial charge in [0.15, 0.2) is 0 Å². The third kappa shape index (κ3) is 2.72. The van der Waals surface area contributed by atoms with E-state index in [4.69, 9.17) is 5.73 Å². The Morgan fingerprint density at radius 2 is 2.22 bits per heavy atom. The topological polar surface area (TPSA) is 43.8 Å². The zero-order chi connectivity index (χ0) is 13.1. The Hall–Kier alpha value is -1.36. The molecular weight excluding hydrogens is 297 g/mol. The summed E-state index contributed by atoms with van der Waals surface area (Å²) in [6, 6.07) is 4.88. The van der Waals surface area contributed by atoms with Gasteiger partial charge in [0, 0.05) is 22.8 Å². The molecule has 0 bridgehead atoms. The van der Waals surface area contributed by atoms with Crippen molar-refractivity contribution in [2.75, 3.05) is 5.73 Å². The average Bonchev–Trinajstić information content (AvgIpc) is 2.68. The molecule has 18 heavy (non-hydrogen) atoms. The first-order valence-electron chi connectivity index (χ1n) is 5.90. The number of nitrogens with zero attached hydrogens (tertiary/aromatic N) is 2. The highest BCUT2D eigenvalue weighted by atomic mass is 79.9. The van der Waals surface area contributed by atoms with E-state index in [2.05, 4.69) is 28.0 Å². The SMILES string of the molecule is CCCCn1cc(N)c(-c2ccc(Br)cc2F)n1. The number of aryl methyl sites for hydroxylation is 1. The molecule has 0 saturated heterocycles. The average molecular weight is 312 g/mol. The number of aromatic nitrogens is 2. The van der Waals surface area contributed by atoms with Crippen LogP contribution in [0.25, 0.3) is 11.3 Å². The number of nitrogens with two attached hydrogens (primary N) is 1. The Bertz CT molecular complexity index is 551. The smallest absolute Gasteiger partial charge is 0.133 e. The number of benzene rings is 1. The van der Waals surface area contributed by atoms with Crippen molar-refractivity contribution in [2.45, 2.75) is 26.3 Å². The first kappa shape index (κ1) is 13.1. The van der Waals surface area contributed by atoms with Crippen molar-refractivity contribution in [3.63, 3.8) is 0 Å². The molecule has 0 unspecified atom stereocenters. The maximum Gasteiger partial charge on any atom is 0.133 e. The Labute approximate surface area is 114 Å². The summed E-state index contributed by atoms with van der Waals surface area (Å²) in [6.45, 7) is 2.92. The summed E-state index contributed by atoms with van der Waals surface area (Å²) in [7, 11) is 0. The molecule has 0 aliphatic rings. The number of hydrogen-bond acceptors (Lipinski definition) is 2. The lowest BCUT2D eigenvalue weighted by molar-refractivity contribution is 0.572. The summed E-state index contributed by atoms with van der Waals surface area (Å²) in [5.74, 6) is -0.322. The standard InChI is InChI=1S/C13H15BrFN3/c1-2-3-6-18-8-12(16)13(17-18)10-5-4-9(14)7-11(10)15/h4-5,7-8H,2-3,6,16H2,1H3. The van der Waals surface area contributed by atoms with Gasteiger partial charge >= 0.3 is 0 Å². The van der Waals surface area contributed by atoms with Crippen LogP contribution < -0.4 is 5.73 Å². The van der Waals surface area contributed by atoms with Crippen LogP contribution in [-0.2, 0) is 6.54 Å². The molecule has 0 saturated carbocycles. The molecule has 0 atom stereocenters. The predicted octanol–water partition coefficient (Wildman–Crippen LogP) is 3.83. The van der Waals surface area contributed by atoms with Gasteiger partial charge in [-0.15, -0.1) is 0 Å². The highest BCUT2D eigenvalue weighted by Crippen LogP contribution is 2.28. The molecular formula is C13H15BrFN3. The van der Waals surface area contributed by atoms with Crippen molar-refractivity contribution >= 4 is 21.6 Å².